The molecule has 0 radical (unpaired) electrons. The van der Waals surface area contributed by atoms with E-state index in [1.165, 1.54) is 10.5 Å². The van der Waals surface area contributed by atoms with Crippen LogP contribution in [-0.2, 0) is 6.54 Å². The number of nitrogens with zero attached hydrogens (tertiary/aromatic N) is 4. The molecule has 5 rings (SSSR count). The summed E-state index contributed by atoms with van der Waals surface area (Å²) in [4.78, 5) is 28.6. The van der Waals surface area contributed by atoms with Gasteiger partial charge in [0.05, 0.1) is 5.52 Å². The fourth-order valence-electron chi connectivity index (χ4n) is 4.29. The minimum atomic E-state index is -1.21. The number of nitriles is 1. The Morgan fingerprint density at radius 2 is 1.91 bits per heavy atom. The molecule has 0 spiro atoms. The normalized spacial score (nSPS) is 14.7. The summed E-state index contributed by atoms with van der Waals surface area (Å²) in [5.41, 5.74) is 2.59. The van der Waals surface area contributed by atoms with Gasteiger partial charge in [-0.15, -0.1) is 0 Å². The molecule has 0 bridgehead atoms. The number of hydrogen-bond donors (Lipinski definition) is 1. The topological polar surface area (TPSA) is 102 Å². The van der Waals surface area contributed by atoms with Gasteiger partial charge in [-0.1, -0.05) is 6.07 Å². The van der Waals surface area contributed by atoms with Crippen molar-refractivity contribution in [2.75, 3.05) is 31.1 Å². The molecule has 8 heteroatoms. The quantitative estimate of drug-likeness (QED) is 0.533. The Morgan fingerprint density at radius 1 is 1.09 bits per heavy atom. The molecule has 1 fully saturated rings. The molecule has 32 heavy (non-hydrogen) atoms. The van der Waals surface area contributed by atoms with Gasteiger partial charge in [0.15, 0.2) is 0 Å². The summed E-state index contributed by atoms with van der Waals surface area (Å²) >= 11 is 0. The summed E-state index contributed by atoms with van der Waals surface area (Å²) in [6.45, 7) is 3.78. The van der Waals surface area contributed by atoms with E-state index in [1.807, 2.05) is 36.4 Å². The Balaban J connectivity index is 1.35. The van der Waals surface area contributed by atoms with Crippen molar-refractivity contribution in [1.82, 2.24) is 9.30 Å². The summed E-state index contributed by atoms with van der Waals surface area (Å²) in [5, 5.41) is 19.4. The van der Waals surface area contributed by atoms with Crippen molar-refractivity contribution in [2.45, 2.75) is 6.54 Å². The lowest BCUT2D eigenvalue weighted by molar-refractivity contribution is 0.0694. The Kier molecular flexibility index (Phi) is 4.88. The standard InChI is InChI=1S/C24H20N4O4/c25-14-19-12-16-11-18(4-5-22(16)32-19)27-9-7-26(8-10-27)15-17-13-20(24(30)31)23(29)28-6-2-1-3-21(17)28/h1-6,11-13H,7-10,15H2,(H,30,31). The van der Waals surface area contributed by atoms with E-state index in [9.17, 15) is 14.7 Å². The van der Waals surface area contributed by atoms with Gasteiger partial charge in [-0.2, -0.15) is 5.26 Å². The molecule has 0 amide bonds. The molecule has 4 aromatic rings. The predicted octanol–water partition coefficient (Wildman–Crippen LogP) is 2.94. The summed E-state index contributed by atoms with van der Waals surface area (Å²) < 4.78 is 6.87. The lowest BCUT2D eigenvalue weighted by Gasteiger charge is -2.36. The molecule has 0 unspecified atom stereocenters. The number of hydrogen-bond acceptors (Lipinski definition) is 6. The summed E-state index contributed by atoms with van der Waals surface area (Å²) in [5.74, 6) is -0.912. The van der Waals surface area contributed by atoms with Gasteiger partial charge in [0.25, 0.3) is 5.56 Å². The van der Waals surface area contributed by atoms with Gasteiger partial charge in [0, 0.05) is 56.1 Å². The van der Waals surface area contributed by atoms with E-state index < -0.39 is 11.5 Å². The van der Waals surface area contributed by atoms with Crippen LogP contribution in [0.15, 0.2) is 63.9 Å². The molecule has 8 nitrogen and oxygen atoms in total. The minimum absolute atomic E-state index is 0.215. The molecular formula is C24H20N4O4. The van der Waals surface area contributed by atoms with E-state index >= 15 is 0 Å². The minimum Gasteiger partial charge on any atom is -0.477 e. The molecule has 1 aliphatic rings. The Labute approximate surface area is 183 Å². The van der Waals surface area contributed by atoms with E-state index in [1.54, 1.807) is 18.3 Å². The molecule has 4 heterocycles. The maximum atomic E-state index is 12.5. The average molecular weight is 428 g/mol. The van der Waals surface area contributed by atoms with Gasteiger partial charge in [-0.25, -0.2) is 4.79 Å². The summed E-state index contributed by atoms with van der Waals surface area (Å²) in [7, 11) is 0. The maximum absolute atomic E-state index is 12.5. The highest BCUT2D eigenvalue weighted by molar-refractivity contribution is 5.88. The number of fused-ring (bicyclic) bond motifs is 2. The van der Waals surface area contributed by atoms with Crippen molar-refractivity contribution in [2.24, 2.45) is 0 Å². The van der Waals surface area contributed by atoms with E-state index in [-0.39, 0.29) is 5.56 Å². The zero-order chi connectivity index (χ0) is 22.2. The molecule has 0 saturated carbocycles. The predicted molar refractivity (Wildman–Crippen MR) is 119 cm³/mol. The first-order chi connectivity index (χ1) is 15.5. The second-order valence-electron chi connectivity index (χ2n) is 7.86. The van der Waals surface area contributed by atoms with Crippen molar-refractivity contribution < 1.29 is 14.3 Å². The summed E-state index contributed by atoms with van der Waals surface area (Å²) in [6.07, 6.45) is 1.61. The van der Waals surface area contributed by atoms with Gasteiger partial charge >= 0.3 is 5.97 Å². The van der Waals surface area contributed by atoms with Crippen LogP contribution in [0.5, 0.6) is 0 Å². The van der Waals surface area contributed by atoms with Crippen LogP contribution in [0.1, 0.15) is 21.7 Å². The fraction of sp³-hybridized carbons (Fsp3) is 0.208. The van der Waals surface area contributed by atoms with E-state index in [0.29, 0.717) is 17.9 Å². The SMILES string of the molecule is N#Cc1cc2cc(N3CCN(Cc4cc(C(=O)O)c(=O)n5ccccc45)CC3)ccc2o1. The van der Waals surface area contributed by atoms with E-state index in [2.05, 4.69) is 9.80 Å². The lowest BCUT2D eigenvalue weighted by atomic mass is 10.1. The largest absolute Gasteiger partial charge is 0.477 e. The van der Waals surface area contributed by atoms with Crippen LogP contribution in [0, 0.1) is 11.3 Å². The second kappa shape index (κ2) is 7.87. The third-order valence-electron chi connectivity index (χ3n) is 5.93. The van der Waals surface area contributed by atoms with Crippen molar-refractivity contribution >= 4 is 28.1 Å². The number of carboxylic acid groups (broad SMARTS) is 1. The van der Waals surface area contributed by atoms with Crippen molar-refractivity contribution in [3.8, 4) is 6.07 Å². The monoisotopic (exact) mass is 428 g/mol. The highest BCUT2D eigenvalue weighted by Gasteiger charge is 2.21. The van der Waals surface area contributed by atoms with Crippen LogP contribution in [0.4, 0.5) is 5.69 Å². The number of aromatic nitrogens is 1. The number of aromatic carboxylic acids is 1. The number of anilines is 1. The van der Waals surface area contributed by atoms with Gasteiger partial charge in [0.1, 0.15) is 17.2 Å². The van der Waals surface area contributed by atoms with Crippen LogP contribution in [0.3, 0.4) is 0 Å². The molecule has 1 aromatic carbocycles. The zero-order valence-corrected chi connectivity index (χ0v) is 17.2. The zero-order valence-electron chi connectivity index (χ0n) is 17.2. The Hall–Kier alpha value is -4.09. The van der Waals surface area contributed by atoms with Crippen molar-refractivity contribution in [3.63, 3.8) is 0 Å². The first kappa shape index (κ1) is 19.8. The number of rotatable bonds is 4. The van der Waals surface area contributed by atoms with Gasteiger partial charge in [-0.05, 0) is 42.0 Å². The van der Waals surface area contributed by atoms with Crippen LogP contribution >= 0.6 is 0 Å². The van der Waals surface area contributed by atoms with Crippen molar-refractivity contribution in [3.05, 3.63) is 82.0 Å². The molecule has 1 aliphatic heterocycles. The molecule has 160 valence electrons. The fourth-order valence-corrected chi connectivity index (χ4v) is 4.29. The van der Waals surface area contributed by atoms with Gasteiger partial charge < -0.3 is 14.4 Å². The van der Waals surface area contributed by atoms with Crippen LogP contribution < -0.4 is 10.5 Å². The summed E-state index contributed by atoms with van der Waals surface area (Å²) in [6, 6.07) is 16.6. The number of benzene rings is 1. The van der Waals surface area contributed by atoms with Crippen LogP contribution in [0.25, 0.3) is 16.5 Å². The molecule has 1 N–H and O–H groups in total. The number of pyridine rings is 2. The highest BCUT2D eigenvalue weighted by atomic mass is 16.4. The third-order valence-corrected chi connectivity index (χ3v) is 5.93. The van der Waals surface area contributed by atoms with Crippen LogP contribution in [-0.4, -0.2) is 46.6 Å². The average Bonchev–Trinajstić information content (AvgIpc) is 3.24. The number of piperazine rings is 1. The number of carboxylic acids is 1. The molecular weight excluding hydrogens is 408 g/mol. The first-order valence-electron chi connectivity index (χ1n) is 10.3. The molecule has 0 aliphatic carbocycles. The molecule has 1 saturated heterocycles. The maximum Gasteiger partial charge on any atom is 0.341 e. The Morgan fingerprint density at radius 3 is 2.66 bits per heavy atom. The highest BCUT2D eigenvalue weighted by Crippen LogP contribution is 2.26. The lowest BCUT2D eigenvalue weighted by Crippen LogP contribution is -2.46. The van der Waals surface area contributed by atoms with E-state index in [4.69, 9.17) is 9.68 Å². The second-order valence-corrected chi connectivity index (χ2v) is 7.86. The number of furan rings is 1. The van der Waals surface area contributed by atoms with Gasteiger partial charge in [0.2, 0.25) is 5.76 Å². The smallest absolute Gasteiger partial charge is 0.341 e. The van der Waals surface area contributed by atoms with Crippen molar-refractivity contribution in [1.29, 1.82) is 5.26 Å². The van der Waals surface area contributed by atoms with Crippen LogP contribution in [0.2, 0.25) is 0 Å². The molecule has 3 aromatic heterocycles. The van der Waals surface area contributed by atoms with Gasteiger partial charge in [-0.3, -0.25) is 14.1 Å². The van der Waals surface area contributed by atoms with E-state index in [0.717, 1.165) is 48.3 Å². The first-order valence-corrected chi connectivity index (χ1v) is 10.3. The Bertz CT molecular complexity index is 1440. The number of carbonyl (C=O) groups is 1. The third kappa shape index (κ3) is 3.49. The molecule has 0 atom stereocenters.